The van der Waals surface area contributed by atoms with Crippen LogP contribution in [0, 0.1) is 35.5 Å². The second-order valence-electron chi connectivity index (χ2n) is 5.67. The van der Waals surface area contributed by atoms with Crippen molar-refractivity contribution in [3.05, 3.63) is 0 Å². The molecule has 0 aromatic carbocycles. The van der Waals surface area contributed by atoms with E-state index in [4.69, 9.17) is 0 Å². The standard InChI is InChI=1S/C12H20/c1-7-3-4-10-9-5-8(2)11(6-9)12(7)10/h7-12H,3-6H2,1-2H3. The largest absolute Gasteiger partial charge is 0.0622 e. The molecular weight excluding hydrogens is 144 g/mol. The molecule has 0 saturated heterocycles. The number of fused-ring (bicyclic) bond motifs is 5. The van der Waals surface area contributed by atoms with Crippen LogP contribution in [-0.4, -0.2) is 0 Å². The molecule has 6 unspecified atom stereocenters. The highest BCUT2D eigenvalue weighted by Gasteiger charge is 2.54. The first-order valence-corrected chi connectivity index (χ1v) is 5.77. The summed E-state index contributed by atoms with van der Waals surface area (Å²) >= 11 is 0. The van der Waals surface area contributed by atoms with Crippen LogP contribution in [0.2, 0.25) is 0 Å². The van der Waals surface area contributed by atoms with Gasteiger partial charge in [-0.05, 0) is 54.8 Å². The van der Waals surface area contributed by atoms with Crippen molar-refractivity contribution >= 4 is 0 Å². The molecule has 3 aliphatic carbocycles. The third-order valence-corrected chi connectivity index (χ3v) is 5.19. The van der Waals surface area contributed by atoms with E-state index in [1.54, 1.807) is 19.3 Å². The van der Waals surface area contributed by atoms with Crippen LogP contribution in [0.15, 0.2) is 0 Å². The van der Waals surface area contributed by atoms with Crippen molar-refractivity contribution in [1.82, 2.24) is 0 Å². The van der Waals surface area contributed by atoms with Crippen molar-refractivity contribution in [2.75, 3.05) is 0 Å². The van der Waals surface area contributed by atoms with Crippen molar-refractivity contribution in [2.24, 2.45) is 35.5 Å². The third kappa shape index (κ3) is 0.744. The Labute approximate surface area is 75.7 Å². The molecule has 0 aromatic rings. The van der Waals surface area contributed by atoms with E-state index in [0.29, 0.717) is 0 Å². The first-order valence-electron chi connectivity index (χ1n) is 5.77. The molecule has 0 N–H and O–H groups in total. The fraction of sp³-hybridized carbons (Fsp3) is 1.00. The summed E-state index contributed by atoms with van der Waals surface area (Å²) in [6.45, 7) is 4.99. The molecular formula is C12H20. The van der Waals surface area contributed by atoms with Crippen molar-refractivity contribution in [3.63, 3.8) is 0 Å². The minimum Gasteiger partial charge on any atom is -0.0622 e. The molecule has 3 fully saturated rings. The molecule has 68 valence electrons. The topological polar surface area (TPSA) is 0 Å². The lowest BCUT2D eigenvalue weighted by Crippen LogP contribution is -2.25. The van der Waals surface area contributed by atoms with Gasteiger partial charge in [-0.3, -0.25) is 0 Å². The lowest BCUT2D eigenvalue weighted by atomic mass is 9.74. The Balaban J connectivity index is 1.90. The van der Waals surface area contributed by atoms with Crippen LogP contribution in [0.4, 0.5) is 0 Å². The summed E-state index contributed by atoms with van der Waals surface area (Å²) in [6.07, 6.45) is 6.27. The predicted octanol–water partition coefficient (Wildman–Crippen LogP) is 3.32. The Kier molecular flexibility index (Phi) is 1.40. The number of rotatable bonds is 0. The summed E-state index contributed by atoms with van der Waals surface area (Å²) in [4.78, 5) is 0. The van der Waals surface area contributed by atoms with E-state index < -0.39 is 0 Å². The maximum atomic E-state index is 2.50. The van der Waals surface area contributed by atoms with E-state index in [9.17, 15) is 0 Å². The predicted molar refractivity (Wildman–Crippen MR) is 50.8 cm³/mol. The zero-order chi connectivity index (χ0) is 8.29. The summed E-state index contributed by atoms with van der Waals surface area (Å²) in [5, 5.41) is 0. The first-order chi connectivity index (χ1) is 5.77. The fourth-order valence-electron chi connectivity index (χ4n) is 4.77. The summed E-state index contributed by atoms with van der Waals surface area (Å²) in [6, 6.07) is 0. The molecule has 0 aliphatic heterocycles. The molecule has 0 amide bonds. The molecule has 3 rings (SSSR count). The minimum atomic E-state index is 1.06. The van der Waals surface area contributed by atoms with Crippen LogP contribution in [-0.2, 0) is 0 Å². The van der Waals surface area contributed by atoms with Crippen LogP contribution in [0.3, 0.4) is 0 Å². The van der Waals surface area contributed by atoms with Gasteiger partial charge in [-0.25, -0.2) is 0 Å². The van der Waals surface area contributed by atoms with E-state index in [-0.39, 0.29) is 0 Å². The van der Waals surface area contributed by atoms with Crippen LogP contribution in [0.25, 0.3) is 0 Å². The number of hydrogen-bond acceptors (Lipinski definition) is 0. The van der Waals surface area contributed by atoms with Crippen molar-refractivity contribution in [2.45, 2.75) is 39.5 Å². The molecule has 3 aliphatic rings. The minimum absolute atomic E-state index is 1.06. The average molecular weight is 164 g/mol. The average Bonchev–Trinajstić information content (AvgIpc) is 2.62. The highest BCUT2D eigenvalue weighted by atomic mass is 14.6. The monoisotopic (exact) mass is 164 g/mol. The maximum Gasteiger partial charge on any atom is -0.0326 e. The van der Waals surface area contributed by atoms with Crippen molar-refractivity contribution in [3.8, 4) is 0 Å². The van der Waals surface area contributed by atoms with Crippen LogP contribution in [0.1, 0.15) is 39.5 Å². The van der Waals surface area contributed by atoms with Crippen LogP contribution >= 0.6 is 0 Å². The SMILES string of the molecule is CC1CC2CC1C1C(C)CCC21. The van der Waals surface area contributed by atoms with Crippen molar-refractivity contribution in [1.29, 1.82) is 0 Å². The van der Waals surface area contributed by atoms with Crippen LogP contribution in [0.5, 0.6) is 0 Å². The molecule has 0 aromatic heterocycles. The Hall–Kier alpha value is 0. The van der Waals surface area contributed by atoms with Gasteiger partial charge >= 0.3 is 0 Å². The van der Waals surface area contributed by atoms with Gasteiger partial charge in [0, 0.05) is 0 Å². The molecule has 0 radical (unpaired) electrons. The summed E-state index contributed by atoms with van der Waals surface area (Å²) in [5.74, 6) is 6.74. The third-order valence-electron chi connectivity index (χ3n) is 5.19. The van der Waals surface area contributed by atoms with E-state index in [2.05, 4.69) is 13.8 Å². The van der Waals surface area contributed by atoms with Crippen molar-refractivity contribution < 1.29 is 0 Å². The molecule has 0 spiro atoms. The van der Waals surface area contributed by atoms with Gasteiger partial charge in [-0.1, -0.05) is 20.3 Å². The highest BCUT2D eigenvalue weighted by molar-refractivity contribution is 5.03. The summed E-state index contributed by atoms with van der Waals surface area (Å²) in [5.41, 5.74) is 0. The molecule has 2 bridgehead atoms. The fourth-order valence-corrected chi connectivity index (χ4v) is 4.77. The van der Waals surface area contributed by atoms with Gasteiger partial charge in [-0.2, -0.15) is 0 Å². The Morgan fingerprint density at radius 3 is 2.50 bits per heavy atom. The van der Waals surface area contributed by atoms with Gasteiger partial charge < -0.3 is 0 Å². The van der Waals surface area contributed by atoms with E-state index in [1.165, 1.54) is 12.3 Å². The summed E-state index contributed by atoms with van der Waals surface area (Å²) in [7, 11) is 0. The lowest BCUT2D eigenvalue weighted by molar-refractivity contribution is 0.170. The zero-order valence-corrected chi connectivity index (χ0v) is 8.29. The Morgan fingerprint density at radius 2 is 1.67 bits per heavy atom. The zero-order valence-electron chi connectivity index (χ0n) is 8.29. The molecule has 3 saturated carbocycles. The van der Waals surface area contributed by atoms with Gasteiger partial charge in [0.25, 0.3) is 0 Å². The van der Waals surface area contributed by atoms with E-state index >= 15 is 0 Å². The molecule has 6 atom stereocenters. The molecule has 0 heterocycles. The van der Waals surface area contributed by atoms with E-state index in [0.717, 1.165) is 29.6 Å². The molecule has 0 nitrogen and oxygen atoms in total. The first kappa shape index (κ1) is 7.41. The van der Waals surface area contributed by atoms with Gasteiger partial charge in [0.2, 0.25) is 0 Å². The van der Waals surface area contributed by atoms with Gasteiger partial charge in [0.05, 0.1) is 0 Å². The van der Waals surface area contributed by atoms with Crippen LogP contribution < -0.4 is 0 Å². The van der Waals surface area contributed by atoms with Gasteiger partial charge in [0.1, 0.15) is 0 Å². The quantitative estimate of drug-likeness (QED) is 0.515. The van der Waals surface area contributed by atoms with Gasteiger partial charge in [0.15, 0.2) is 0 Å². The maximum absolute atomic E-state index is 2.50. The lowest BCUT2D eigenvalue weighted by Gasteiger charge is -2.31. The van der Waals surface area contributed by atoms with Gasteiger partial charge in [-0.15, -0.1) is 0 Å². The number of hydrogen-bond donors (Lipinski definition) is 0. The Bertz CT molecular complexity index is 196. The molecule has 0 heteroatoms. The smallest absolute Gasteiger partial charge is 0.0326 e. The van der Waals surface area contributed by atoms with E-state index in [1.807, 2.05) is 0 Å². The Morgan fingerprint density at radius 1 is 0.833 bits per heavy atom. The normalized spacial score (nSPS) is 62.5. The second kappa shape index (κ2) is 2.27. The molecule has 12 heavy (non-hydrogen) atoms. The summed E-state index contributed by atoms with van der Waals surface area (Å²) < 4.78 is 0. The highest BCUT2D eigenvalue weighted by Crippen LogP contribution is 2.62. The second-order valence-corrected chi connectivity index (χ2v) is 5.67.